The monoisotopic (exact) mass is 330 g/mol. The van der Waals surface area contributed by atoms with Crippen molar-refractivity contribution in [3.05, 3.63) is 18.6 Å². The Hall–Kier alpha value is -1.70. The zero-order valence-corrected chi connectivity index (χ0v) is 14.0. The van der Waals surface area contributed by atoms with Crippen LogP contribution in [0.15, 0.2) is 18.6 Å². The molecule has 4 rings (SSSR count). The van der Waals surface area contributed by atoms with Crippen LogP contribution in [0.1, 0.15) is 38.3 Å². The molecule has 2 aliphatic rings. The number of ether oxygens (including phenoxy) is 1. The Morgan fingerprint density at radius 1 is 1.21 bits per heavy atom. The molecule has 0 saturated carbocycles. The van der Waals surface area contributed by atoms with Gasteiger partial charge in [0.25, 0.3) is 0 Å². The van der Waals surface area contributed by atoms with Crippen LogP contribution in [0.25, 0.3) is 11.0 Å². The van der Waals surface area contributed by atoms with Gasteiger partial charge in [-0.15, -0.1) is 0 Å². The highest BCUT2D eigenvalue weighted by Gasteiger charge is 2.31. The molecule has 2 saturated heterocycles. The molecule has 7 heteroatoms. The fraction of sp³-hybridized carbons (Fsp3) is 0.647. The Kier molecular flexibility index (Phi) is 4.39. The largest absolute Gasteiger partial charge is 0.383 e. The van der Waals surface area contributed by atoms with Crippen LogP contribution in [0, 0.1) is 0 Å². The van der Waals surface area contributed by atoms with Crippen molar-refractivity contribution >= 4 is 16.9 Å². The van der Waals surface area contributed by atoms with E-state index >= 15 is 0 Å². The van der Waals surface area contributed by atoms with Gasteiger partial charge in [0, 0.05) is 25.3 Å². The number of hydrogen-bond acceptors (Lipinski definition) is 6. The van der Waals surface area contributed by atoms with Gasteiger partial charge in [0.1, 0.15) is 24.0 Å². The van der Waals surface area contributed by atoms with Crippen molar-refractivity contribution in [3.8, 4) is 0 Å². The summed E-state index contributed by atoms with van der Waals surface area (Å²) >= 11 is 0. The van der Waals surface area contributed by atoms with Crippen molar-refractivity contribution in [2.75, 3.05) is 25.4 Å². The lowest BCUT2D eigenvalue weighted by Crippen LogP contribution is -2.47. The third-order valence-corrected chi connectivity index (χ3v) is 5.39. The minimum atomic E-state index is 0.0305. The third-order valence-electron chi connectivity index (χ3n) is 5.39. The Balaban J connectivity index is 1.45. The maximum atomic E-state index is 6.33. The first-order chi connectivity index (χ1) is 11.8. The summed E-state index contributed by atoms with van der Waals surface area (Å²) in [6.07, 6.45) is 9.66. The number of nitrogens with two attached hydrogens (primary N) is 2. The average molecular weight is 330 g/mol. The molecule has 2 aromatic rings. The summed E-state index contributed by atoms with van der Waals surface area (Å²) in [4.78, 5) is 10.9. The lowest BCUT2D eigenvalue weighted by Gasteiger charge is -2.36. The first kappa shape index (κ1) is 15.8. The quantitative estimate of drug-likeness (QED) is 0.882. The van der Waals surface area contributed by atoms with Gasteiger partial charge in [0.05, 0.1) is 11.5 Å². The van der Waals surface area contributed by atoms with E-state index in [2.05, 4.69) is 19.4 Å². The summed E-state index contributed by atoms with van der Waals surface area (Å²) in [6.45, 7) is 2.87. The van der Waals surface area contributed by atoms with Crippen molar-refractivity contribution in [1.82, 2.24) is 19.4 Å². The summed E-state index contributed by atoms with van der Waals surface area (Å²) < 4.78 is 8.42. The normalized spacial score (nSPS) is 28.6. The Labute approximate surface area is 142 Å². The number of nitrogens with zero attached hydrogens (tertiary/aromatic N) is 4. The molecule has 24 heavy (non-hydrogen) atoms. The summed E-state index contributed by atoms with van der Waals surface area (Å²) in [5, 5.41) is 0.892. The first-order valence-corrected chi connectivity index (χ1v) is 8.93. The van der Waals surface area contributed by atoms with Crippen molar-refractivity contribution in [3.63, 3.8) is 0 Å². The second-order valence-electron chi connectivity index (χ2n) is 6.89. The molecule has 7 nitrogen and oxygen atoms in total. The van der Waals surface area contributed by atoms with Crippen LogP contribution in [0.5, 0.6) is 0 Å². The van der Waals surface area contributed by atoms with Crippen LogP contribution in [0.3, 0.4) is 0 Å². The van der Waals surface area contributed by atoms with Gasteiger partial charge in [-0.3, -0.25) is 4.90 Å². The first-order valence-electron chi connectivity index (χ1n) is 8.93. The molecular formula is C17H26N6O. The topological polar surface area (TPSA) is 95.2 Å². The van der Waals surface area contributed by atoms with Crippen LogP contribution in [0.4, 0.5) is 5.82 Å². The number of anilines is 1. The number of likely N-dealkylation sites (tertiary alicyclic amines) is 1. The van der Waals surface area contributed by atoms with Crippen molar-refractivity contribution in [2.24, 2.45) is 5.73 Å². The molecule has 0 bridgehead atoms. The highest BCUT2D eigenvalue weighted by molar-refractivity contribution is 5.86. The Morgan fingerprint density at radius 3 is 3.00 bits per heavy atom. The van der Waals surface area contributed by atoms with Gasteiger partial charge in [-0.1, -0.05) is 6.42 Å². The van der Waals surface area contributed by atoms with E-state index in [-0.39, 0.29) is 12.3 Å². The molecule has 2 aliphatic heterocycles. The van der Waals surface area contributed by atoms with Gasteiger partial charge in [0.15, 0.2) is 0 Å². The van der Waals surface area contributed by atoms with Gasteiger partial charge in [-0.25, -0.2) is 9.97 Å². The maximum absolute atomic E-state index is 6.33. The van der Waals surface area contributed by atoms with Crippen molar-refractivity contribution in [2.45, 2.75) is 50.5 Å². The minimum Gasteiger partial charge on any atom is -0.383 e. The van der Waals surface area contributed by atoms with Crippen molar-refractivity contribution in [1.29, 1.82) is 0 Å². The summed E-state index contributed by atoms with van der Waals surface area (Å²) in [7, 11) is 0. The van der Waals surface area contributed by atoms with Crippen LogP contribution in [-0.2, 0) is 4.74 Å². The smallest absolute Gasteiger partial charge is 0.147 e. The fourth-order valence-electron chi connectivity index (χ4n) is 4.08. The maximum Gasteiger partial charge on any atom is 0.147 e. The molecule has 3 atom stereocenters. The molecule has 0 amide bonds. The molecule has 0 aliphatic carbocycles. The summed E-state index contributed by atoms with van der Waals surface area (Å²) in [6, 6.07) is 2.48. The molecule has 3 unspecified atom stereocenters. The Morgan fingerprint density at radius 2 is 2.12 bits per heavy atom. The molecule has 2 aromatic heterocycles. The molecule has 130 valence electrons. The van der Waals surface area contributed by atoms with Crippen LogP contribution < -0.4 is 11.5 Å². The standard InChI is InChI=1S/C17H26N6O/c18-9-12-3-1-2-7-22(12)10-13-4-5-15(24-13)23-8-6-14-16(19)20-11-21-17(14)23/h6,8,11-13,15H,1-5,7,9-10,18H2,(H2,19,20,21). The van der Waals surface area contributed by atoms with Gasteiger partial charge < -0.3 is 20.8 Å². The molecule has 4 N–H and O–H groups in total. The second kappa shape index (κ2) is 6.66. The van der Waals surface area contributed by atoms with E-state index in [0.29, 0.717) is 11.9 Å². The molecular weight excluding hydrogens is 304 g/mol. The molecule has 0 radical (unpaired) electrons. The third kappa shape index (κ3) is 2.87. The minimum absolute atomic E-state index is 0.0305. The number of hydrogen-bond donors (Lipinski definition) is 2. The second-order valence-corrected chi connectivity index (χ2v) is 6.89. The van der Waals surface area contributed by atoms with Gasteiger partial charge in [-0.05, 0) is 38.3 Å². The number of rotatable bonds is 4. The molecule has 2 fully saturated rings. The van der Waals surface area contributed by atoms with Gasteiger partial charge in [0.2, 0.25) is 0 Å². The average Bonchev–Trinajstić information content (AvgIpc) is 3.23. The highest BCUT2D eigenvalue weighted by Crippen LogP contribution is 2.33. The van der Waals surface area contributed by atoms with Crippen LogP contribution in [0.2, 0.25) is 0 Å². The number of fused-ring (bicyclic) bond motifs is 1. The molecule has 4 heterocycles. The van der Waals surface area contributed by atoms with Crippen LogP contribution in [-0.4, -0.2) is 51.2 Å². The van der Waals surface area contributed by atoms with E-state index in [1.54, 1.807) is 0 Å². The lowest BCUT2D eigenvalue weighted by molar-refractivity contribution is -0.0211. The van der Waals surface area contributed by atoms with Crippen LogP contribution >= 0.6 is 0 Å². The molecule has 0 aromatic carbocycles. The Bertz CT molecular complexity index is 701. The van der Waals surface area contributed by atoms with E-state index in [1.165, 1.54) is 25.6 Å². The number of aromatic nitrogens is 3. The number of nitrogen functional groups attached to an aromatic ring is 1. The van der Waals surface area contributed by atoms with E-state index < -0.39 is 0 Å². The summed E-state index contributed by atoms with van der Waals surface area (Å²) in [5.41, 5.74) is 12.7. The highest BCUT2D eigenvalue weighted by atomic mass is 16.5. The van der Waals surface area contributed by atoms with E-state index in [4.69, 9.17) is 16.2 Å². The summed E-state index contributed by atoms with van der Waals surface area (Å²) in [5.74, 6) is 0.521. The van der Waals surface area contributed by atoms with Crippen molar-refractivity contribution < 1.29 is 4.74 Å². The fourth-order valence-corrected chi connectivity index (χ4v) is 4.08. The predicted molar refractivity (Wildman–Crippen MR) is 93.4 cm³/mol. The zero-order valence-electron chi connectivity index (χ0n) is 14.0. The van der Waals surface area contributed by atoms with Gasteiger partial charge in [-0.2, -0.15) is 0 Å². The number of piperidine rings is 1. The van der Waals surface area contributed by atoms with E-state index in [0.717, 1.165) is 43.5 Å². The zero-order chi connectivity index (χ0) is 16.5. The SMILES string of the molecule is NCC1CCCCN1CC1CCC(n2ccc3c(N)ncnc32)O1. The predicted octanol–water partition coefficient (Wildman–Crippen LogP) is 1.50. The lowest BCUT2D eigenvalue weighted by atomic mass is 10.0. The van der Waals surface area contributed by atoms with E-state index in [1.807, 2.05) is 12.3 Å². The molecule has 0 spiro atoms. The van der Waals surface area contributed by atoms with E-state index in [9.17, 15) is 0 Å². The van der Waals surface area contributed by atoms with Gasteiger partial charge >= 0.3 is 0 Å².